The Kier molecular flexibility index (Phi) is 24.5. The van der Waals surface area contributed by atoms with Crippen molar-refractivity contribution in [2.45, 2.75) is 0 Å². The van der Waals surface area contributed by atoms with E-state index >= 15 is 0 Å². The van der Waals surface area contributed by atoms with Gasteiger partial charge in [0.25, 0.3) is 5.09 Å². The van der Waals surface area contributed by atoms with Crippen molar-refractivity contribution in [3.63, 3.8) is 0 Å². The van der Waals surface area contributed by atoms with E-state index in [0.717, 1.165) is 0 Å². The summed E-state index contributed by atoms with van der Waals surface area (Å²) in [7, 11) is 0. The van der Waals surface area contributed by atoms with Crippen molar-refractivity contribution in [1.82, 2.24) is 6.15 Å². The minimum Gasteiger partial charge on any atom is -0.344 e. The molecule has 0 aliphatic carbocycles. The van der Waals surface area contributed by atoms with Gasteiger partial charge in [0.05, 0.1) is 0 Å². The second-order valence-electron chi connectivity index (χ2n) is 0.238. The fraction of sp³-hybridized carbons (Fsp3) is 0. The smallest absolute Gasteiger partial charge is 0.291 e. The van der Waals surface area contributed by atoms with E-state index in [1.807, 2.05) is 0 Å². The summed E-state index contributed by atoms with van der Waals surface area (Å²) < 4.78 is 0. The van der Waals surface area contributed by atoms with Gasteiger partial charge in [-0.05, 0) is 0 Å². The Morgan fingerprint density at radius 3 is 1.67 bits per heavy atom. The third-order valence-corrected chi connectivity index (χ3v) is 0. The zero-order chi connectivity index (χ0) is 3.58. The van der Waals surface area contributed by atoms with Crippen molar-refractivity contribution in [2.75, 3.05) is 0 Å². The number of nitrogens with zero attached hydrogens (tertiary/aromatic N) is 1. The van der Waals surface area contributed by atoms with Gasteiger partial charge in [0.1, 0.15) is 0 Å². The van der Waals surface area contributed by atoms with Gasteiger partial charge in [-0.2, -0.15) is 0 Å². The molecule has 33 valence electrons. The summed E-state index contributed by atoms with van der Waals surface area (Å²) in [5, 5.41) is 13.6. The van der Waals surface area contributed by atoms with E-state index in [-0.39, 0.29) is 35.7 Å². The fourth-order valence-electron chi connectivity index (χ4n) is 0. The monoisotopic (exact) mass is 103 g/mol. The third-order valence-electron chi connectivity index (χ3n) is 0. The molecule has 0 spiro atoms. The maximum Gasteiger partial charge on any atom is 0.291 e. The van der Waals surface area contributed by atoms with E-state index in [1.54, 1.807) is 0 Å². The van der Waals surface area contributed by atoms with E-state index in [1.165, 1.54) is 0 Å². The summed E-state index contributed by atoms with van der Waals surface area (Å²) in [5.41, 5.74) is 0. The van der Waals surface area contributed by atoms with Gasteiger partial charge in [-0.15, -0.1) is 10.1 Å². The van der Waals surface area contributed by atoms with Gasteiger partial charge in [-0.25, -0.2) is 0 Å². The molecule has 0 aliphatic rings. The molecule has 0 saturated carbocycles. The number of hydrogen-bond acceptors (Lipinski definition) is 3. The molecule has 6 heavy (non-hydrogen) atoms. The van der Waals surface area contributed by atoms with Crippen molar-refractivity contribution in [1.29, 1.82) is 0 Å². The van der Waals surface area contributed by atoms with Crippen molar-refractivity contribution in [3.05, 3.63) is 10.1 Å². The first kappa shape index (κ1) is 16.4. The van der Waals surface area contributed by atoms with Crippen LogP contribution in [0.1, 0.15) is 0 Å². The zero-order valence-electron chi connectivity index (χ0n) is 3.42. The molecule has 6 heteroatoms. The Morgan fingerprint density at radius 2 is 1.67 bits per heavy atom. The first-order valence-electron chi connectivity index (χ1n) is 0.565. The van der Waals surface area contributed by atoms with Crippen LogP contribution in [0.25, 0.3) is 0 Å². The molecule has 4 N–H and O–H groups in total. The van der Waals surface area contributed by atoms with E-state index in [4.69, 9.17) is 15.3 Å². The van der Waals surface area contributed by atoms with Crippen LogP contribution in [0.4, 0.5) is 0 Å². The SMILES string of the molecule is N.O=[N+]([O-])O.[Na]. The van der Waals surface area contributed by atoms with Crippen LogP contribution in [0.15, 0.2) is 0 Å². The van der Waals surface area contributed by atoms with Gasteiger partial charge in [0.15, 0.2) is 0 Å². The maximum atomic E-state index is 8.36. The molecular formula is H4N2NaO3. The summed E-state index contributed by atoms with van der Waals surface area (Å²) in [6.07, 6.45) is 0. The Labute approximate surface area is 56.3 Å². The van der Waals surface area contributed by atoms with Crippen LogP contribution >= 0.6 is 0 Å². The predicted molar refractivity (Wildman–Crippen MR) is 19.6 cm³/mol. The molecule has 1 radical (unpaired) electrons. The molecule has 0 aromatic carbocycles. The normalized spacial score (nSPS) is 4.00. The van der Waals surface area contributed by atoms with Crippen molar-refractivity contribution < 1.29 is 10.3 Å². The second kappa shape index (κ2) is 8.94. The molecule has 0 fully saturated rings. The van der Waals surface area contributed by atoms with Crippen LogP contribution in [0.3, 0.4) is 0 Å². The van der Waals surface area contributed by atoms with Gasteiger partial charge in [-0.3, -0.25) is 0 Å². The second-order valence-corrected chi connectivity index (χ2v) is 0.238. The molecule has 0 atom stereocenters. The molecule has 0 heterocycles. The molecule has 0 aromatic rings. The molecule has 0 unspecified atom stereocenters. The molecule has 5 nitrogen and oxygen atoms in total. The summed E-state index contributed by atoms with van der Waals surface area (Å²) in [4.78, 5) is 8.36. The molecule has 0 saturated heterocycles. The molecule has 0 amide bonds. The maximum absolute atomic E-state index is 8.36. The first-order chi connectivity index (χ1) is 1.73. The number of hydrogen-bond donors (Lipinski definition) is 2. The standard InChI is InChI=1S/HNO3.H3N.Na/c2-1(3)4;;/h(H,2,3,4);1H3;. The van der Waals surface area contributed by atoms with Crippen LogP contribution in [0.2, 0.25) is 0 Å². The van der Waals surface area contributed by atoms with Crippen molar-refractivity contribution >= 4 is 29.6 Å². The van der Waals surface area contributed by atoms with E-state index in [2.05, 4.69) is 0 Å². The number of rotatable bonds is 0. The largest absolute Gasteiger partial charge is 0.344 e. The van der Waals surface area contributed by atoms with Crippen LogP contribution < -0.4 is 6.15 Å². The van der Waals surface area contributed by atoms with E-state index < -0.39 is 5.09 Å². The van der Waals surface area contributed by atoms with Gasteiger partial charge in [-0.1, -0.05) is 0 Å². The molecule has 0 rings (SSSR count). The molecular weight excluding hydrogens is 99.0 g/mol. The average Bonchev–Trinajstić information content (AvgIpc) is 0.811. The molecule has 0 aromatic heterocycles. The van der Waals surface area contributed by atoms with Gasteiger partial charge >= 0.3 is 0 Å². The van der Waals surface area contributed by atoms with Gasteiger partial charge in [0, 0.05) is 29.6 Å². The molecule has 0 bridgehead atoms. The van der Waals surface area contributed by atoms with Crippen LogP contribution in [0, 0.1) is 10.1 Å². The summed E-state index contributed by atoms with van der Waals surface area (Å²) in [6, 6.07) is 0. The Bertz CT molecular complexity index is 31.8. The quantitative estimate of drug-likeness (QED) is 0.243. The third kappa shape index (κ3) is 1620. The zero-order valence-corrected chi connectivity index (χ0v) is 5.42. The van der Waals surface area contributed by atoms with Crippen LogP contribution in [-0.4, -0.2) is 39.9 Å². The summed E-state index contributed by atoms with van der Waals surface area (Å²) in [6.45, 7) is 0. The Balaban J connectivity index is -0.0000000450. The Morgan fingerprint density at radius 1 is 1.67 bits per heavy atom. The van der Waals surface area contributed by atoms with Crippen molar-refractivity contribution in [3.8, 4) is 0 Å². The van der Waals surface area contributed by atoms with Crippen LogP contribution in [-0.2, 0) is 0 Å². The molecule has 0 aliphatic heterocycles. The van der Waals surface area contributed by atoms with E-state index in [0.29, 0.717) is 0 Å². The predicted octanol–water partition coefficient (Wildman–Crippen LogP) is -0.567. The van der Waals surface area contributed by atoms with Gasteiger partial charge in [0.2, 0.25) is 0 Å². The minimum absolute atomic E-state index is 0. The minimum atomic E-state index is -1.50. The average molecular weight is 103 g/mol. The summed E-state index contributed by atoms with van der Waals surface area (Å²) in [5.74, 6) is 0. The van der Waals surface area contributed by atoms with E-state index in [9.17, 15) is 0 Å². The van der Waals surface area contributed by atoms with Crippen molar-refractivity contribution in [2.24, 2.45) is 0 Å². The van der Waals surface area contributed by atoms with Gasteiger partial charge < -0.3 is 11.4 Å². The first-order valence-corrected chi connectivity index (χ1v) is 0.565. The Hall–Kier alpha value is 0.160. The summed E-state index contributed by atoms with van der Waals surface area (Å²) >= 11 is 0. The fourth-order valence-corrected chi connectivity index (χ4v) is 0. The topological polar surface area (TPSA) is 98.4 Å². The van der Waals surface area contributed by atoms with Crippen LogP contribution in [0.5, 0.6) is 0 Å².